The summed E-state index contributed by atoms with van der Waals surface area (Å²) in [6.07, 6.45) is 4.11. The number of carbonyl (C=O) groups excluding carboxylic acids is 2. The predicted molar refractivity (Wildman–Crippen MR) is 162 cm³/mol. The van der Waals surface area contributed by atoms with Crippen molar-refractivity contribution in [3.63, 3.8) is 0 Å². The lowest BCUT2D eigenvalue weighted by Crippen LogP contribution is -2.65. The third kappa shape index (κ3) is 5.85. The molecule has 0 bridgehead atoms. The fourth-order valence-corrected chi connectivity index (χ4v) is 8.31. The van der Waals surface area contributed by atoms with E-state index < -0.39 is 35.7 Å². The number of nitrogens with zero attached hydrogens (tertiary/aromatic N) is 5. The van der Waals surface area contributed by atoms with Crippen LogP contribution in [0.2, 0.25) is 0 Å². The lowest BCUT2D eigenvalue weighted by atomic mass is 9.65. The van der Waals surface area contributed by atoms with E-state index in [-0.39, 0.29) is 30.2 Å². The Hall–Kier alpha value is -2.82. The molecule has 3 heterocycles. The van der Waals surface area contributed by atoms with Crippen LogP contribution in [0.25, 0.3) is 0 Å². The molecule has 2 saturated carbocycles. The number of carbonyl (C=O) groups is 2. The van der Waals surface area contributed by atoms with Crippen LogP contribution in [0.15, 0.2) is 36.5 Å². The highest BCUT2D eigenvalue weighted by molar-refractivity contribution is 5.90. The summed E-state index contributed by atoms with van der Waals surface area (Å²) in [5.74, 6) is 0.269. The lowest BCUT2D eigenvalue weighted by Gasteiger charge is -2.58. The van der Waals surface area contributed by atoms with E-state index in [1.807, 2.05) is 33.0 Å². The Morgan fingerprint density at radius 2 is 1.84 bits per heavy atom. The predicted octanol–water partition coefficient (Wildman–Crippen LogP) is 2.87. The van der Waals surface area contributed by atoms with Crippen LogP contribution < -0.4 is 5.32 Å². The summed E-state index contributed by atoms with van der Waals surface area (Å²) in [4.78, 5) is 31.9. The van der Waals surface area contributed by atoms with Gasteiger partial charge in [0.15, 0.2) is 0 Å². The quantitative estimate of drug-likeness (QED) is 0.431. The number of benzene rings is 1. The van der Waals surface area contributed by atoms with Crippen molar-refractivity contribution in [3.8, 4) is 0 Å². The van der Waals surface area contributed by atoms with E-state index in [2.05, 4.69) is 58.6 Å². The summed E-state index contributed by atoms with van der Waals surface area (Å²) in [7, 11) is 0. The minimum Gasteiger partial charge on any atom is -0.391 e. The summed E-state index contributed by atoms with van der Waals surface area (Å²) >= 11 is 0. The average Bonchev–Trinajstić information content (AvgIpc) is 3.38. The van der Waals surface area contributed by atoms with Crippen LogP contribution in [0.5, 0.6) is 0 Å². The fraction of sp³-hybridized carbons (Fsp3) is 0.697. The molecule has 2 saturated heterocycles. The van der Waals surface area contributed by atoms with Gasteiger partial charge in [0.25, 0.3) is 0 Å². The van der Waals surface area contributed by atoms with Crippen LogP contribution in [-0.4, -0.2) is 90.2 Å². The van der Waals surface area contributed by atoms with Crippen LogP contribution in [0.3, 0.4) is 0 Å². The summed E-state index contributed by atoms with van der Waals surface area (Å²) in [6.45, 7) is 12.3. The van der Waals surface area contributed by atoms with Gasteiger partial charge < -0.3 is 20.4 Å². The van der Waals surface area contributed by atoms with E-state index in [4.69, 9.17) is 0 Å². The van der Waals surface area contributed by atoms with Crippen molar-refractivity contribution in [2.45, 2.75) is 116 Å². The summed E-state index contributed by atoms with van der Waals surface area (Å²) in [6, 6.07) is 8.91. The van der Waals surface area contributed by atoms with Gasteiger partial charge in [-0.2, -0.15) is 0 Å². The first-order valence-corrected chi connectivity index (χ1v) is 16.0. The number of likely N-dealkylation sites (tertiary alicyclic amines) is 2. The maximum atomic E-state index is 14.1. The van der Waals surface area contributed by atoms with Gasteiger partial charge in [-0.25, -0.2) is 4.68 Å². The Labute approximate surface area is 254 Å². The topological polar surface area (TPSA) is 124 Å². The second kappa shape index (κ2) is 11.3. The third-order valence-electron chi connectivity index (χ3n) is 10.1. The van der Waals surface area contributed by atoms with Gasteiger partial charge in [-0.05, 0) is 42.6 Å². The molecule has 4 fully saturated rings. The smallest absolute Gasteiger partial charge is 0.248 e. The van der Waals surface area contributed by atoms with Gasteiger partial charge in [0.1, 0.15) is 12.1 Å². The summed E-state index contributed by atoms with van der Waals surface area (Å²) in [5.41, 5.74) is 1.63. The minimum absolute atomic E-state index is 0.0608. The van der Waals surface area contributed by atoms with Crippen molar-refractivity contribution >= 4 is 11.8 Å². The summed E-state index contributed by atoms with van der Waals surface area (Å²) in [5, 5.41) is 33.6. The second-order valence-corrected chi connectivity index (χ2v) is 15.1. The van der Waals surface area contributed by atoms with E-state index in [9.17, 15) is 19.8 Å². The van der Waals surface area contributed by atoms with E-state index in [1.54, 1.807) is 4.68 Å². The van der Waals surface area contributed by atoms with Crippen molar-refractivity contribution in [3.05, 3.63) is 47.8 Å². The van der Waals surface area contributed by atoms with Gasteiger partial charge in [-0.1, -0.05) is 70.2 Å². The Bertz CT molecular complexity index is 1320. The highest BCUT2D eigenvalue weighted by Crippen LogP contribution is 2.53. The molecule has 2 amide bonds. The molecule has 2 aliphatic heterocycles. The number of amides is 2. The normalized spacial score (nSPS) is 31.9. The molecule has 7 atom stereocenters. The fourth-order valence-electron chi connectivity index (χ4n) is 8.31. The van der Waals surface area contributed by atoms with Gasteiger partial charge in [-0.3, -0.25) is 14.5 Å². The molecule has 10 nitrogen and oxygen atoms in total. The van der Waals surface area contributed by atoms with Crippen molar-refractivity contribution in [1.82, 2.24) is 30.1 Å². The maximum Gasteiger partial charge on any atom is 0.248 e. The van der Waals surface area contributed by atoms with Gasteiger partial charge in [-0.15, -0.1) is 5.10 Å². The Balaban J connectivity index is 1.15. The van der Waals surface area contributed by atoms with Crippen molar-refractivity contribution in [2.24, 2.45) is 16.7 Å². The van der Waals surface area contributed by atoms with Crippen LogP contribution in [0.4, 0.5) is 0 Å². The van der Waals surface area contributed by atoms with E-state index >= 15 is 0 Å². The number of hydrogen-bond acceptors (Lipinski definition) is 7. The van der Waals surface area contributed by atoms with Crippen molar-refractivity contribution in [2.75, 3.05) is 13.1 Å². The average molecular weight is 593 g/mol. The number of β-amino-alcohol motifs (C(OH)–C–C–N with tert-alkyl or cyclic N) is 1. The largest absolute Gasteiger partial charge is 0.391 e. The molecule has 0 radical (unpaired) electrons. The SMILES string of the molecule is CC(C)C1N(Cc2ccccc2)CC12C[C@@H](O)[C@H](NC(=O)C1CC(O)CN1C(=O)[C@@H](n1cc(C3CC3)nn1)C(C)(C)C)C2. The highest BCUT2D eigenvalue weighted by atomic mass is 16.3. The minimum atomic E-state index is -0.806. The molecule has 10 heteroatoms. The molecule has 2 aromatic rings. The number of rotatable bonds is 8. The van der Waals surface area contributed by atoms with E-state index in [0.29, 0.717) is 30.7 Å². The van der Waals surface area contributed by atoms with Crippen molar-refractivity contribution < 1.29 is 19.8 Å². The first-order chi connectivity index (χ1) is 20.4. The molecule has 4 aliphatic rings. The van der Waals surface area contributed by atoms with Crippen LogP contribution >= 0.6 is 0 Å². The first kappa shape index (κ1) is 30.2. The zero-order chi connectivity index (χ0) is 30.7. The monoisotopic (exact) mass is 592 g/mol. The number of hydrogen-bond donors (Lipinski definition) is 3. The highest BCUT2D eigenvalue weighted by Gasteiger charge is 2.59. The summed E-state index contributed by atoms with van der Waals surface area (Å²) < 4.78 is 1.64. The molecule has 1 aromatic heterocycles. The Morgan fingerprint density at radius 1 is 1.12 bits per heavy atom. The molecule has 4 unspecified atom stereocenters. The zero-order valence-electron chi connectivity index (χ0n) is 26.2. The first-order valence-electron chi connectivity index (χ1n) is 16.0. The number of aromatic nitrogens is 3. The maximum absolute atomic E-state index is 14.1. The van der Waals surface area contributed by atoms with Gasteiger partial charge in [0.2, 0.25) is 11.8 Å². The Kier molecular flexibility index (Phi) is 7.92. The number of nitrogens with one attached hydrogen (secondary N) is 1. The van der Waals surface area contributed by atoms with Gasteiger partial charge in [0, 0.05) is 49.6 Å². The molecule has 3 N–H and O–H groups in total. The van der Waals surface area contributed by atoms with Gasteiger partial charge in [0.05, 0.1) is 23.9 Å². The molecule has 2 aliphatic carbocycles. The lowest BCUT2D eigenvalue weighted by molar-refractivity contribution is -0.144. The molecular weight excluding hydrogens is 544 g/mol. The van der Waals surface area contributed by atoms with Gasteiger partial charge >= 0.3 is 0 Å². The Morgan fingerprint density at radius 3 is 2.49 bits per heavy atom. The van der Waals surface area contributed by atoms with Crippen LogP contribution in [0, 0.1) is 16.7 Å². The van der Waals surface area contributed by atoms with Crippen LogP contribution in [0.1, 0.15) is 89.9 Å². The standard InChI is InChI=1S/C33H48N6O4/c1-20(2)28-33(19-37(28)16-21-9-7-6-8-10-21)14-24(27(41)15-33)34-30(42)26-13-23(40)17-38(26)31(43)29(32(3,4)5)39-18-25(35-36-39)22-11-12-22/h6-10,18,20,22-24,26-29,40-41H,11-17,19H2,1-5H3,(H,34,42)/t23?,24-,26?,27-,28?,29-,33?/m1/s1. The second-order valence-electron chi connectivity index (χ2n) is 15.1. The third-order valence-corrected chi connectivity index (χ3v) is 10.1. The number of aliphatic hydroxyl groups excluding tert-OH is 2. The number of aliphatic hydroxyl groups is 2. The van der Waals surface area contributed by atoms with Crippen LogP contribution in [-0.2, 0) is 16.1 Å². The molecule has 234 valence electrons. The zero-order valence-corrected chi connectivity index (χ0v) is 26.2. The molecule has 1 spiro atoms. The molecule has 1 aromatic carbocycles. The molecule has 43 heavy (non-hydrogen) atoms. The van der Waals surface area contributed by atoms with E-state index in [0.717, 1.165) is 31.6 Å². The van der Waals surface area contributed by atoms with E-state index in [1.165, 1.54) is 10.5 Å². The van der Waals surface area contributed by atoms with Crippen molar-refractivity contribution in [1.29, 1.82) is 0 Å². The molecule has 6 rings (SSSR count). The molecular formula is C33H48N6O4.